The van der Waals surface area contributed by atoms with E-state index in [1.165, 1.54) is 18.4 Å². The molecule has 0 fully saturated rings. The molecule has 0 aliphatic carbocycles. The molecule has 2 N–H and O–H groups in total. The van der Waals surface area contributed by atoms with E-state index in [1.54, 1.807) is 41.7 Å². The van der Waals surface area contributed by atoms with Crippen molar-refractivity contribution < 1.29 is 14.3 Å². The highest BCUT2D eigenvalue weighted by Crippen LogP contribution is 2.34. The van der Waals surface area contributed by atoms with Crippen molar-refractivity contribution >= 4 is 44.7 Å². The van der Waals surface area contributed by atoms with E-state index in [0.717, 1.165) is 20.1 Å². The van der Waals surface area contributed by atoms with Gasteiger partial charge in [0, 0.05) is 0 Å². The number of fused-ring (bicyclic) bond motifs is 1. The number of hydrogen-bond acceptors (Lipinski definition) is 6. The summed E-state index contributed by atoms with van der Waals surface area (Å²) in [4.78, 5) is 30.7. The van der Waals surface area contributed by atoms with Crippen LogP contribution in [0.1, 0.15) is 20.0 Å². The van der Waals surface area contributed by atoms with Gasteiger partial charge in [0.25, 0.3) is 11.8 Å². The van der Waals surface area contributed by atoms with Crippen LogP contribution in [0.2, 0.25) is 0 Å². The molecule has 0 aliphatic rings. The van der Waals surface area contributed by atoms with Crippen molar-refractivity contribution in [2.75, 3.05) is 7.11 Å². The lowest BCUT2D eigenvalue weighted by molar-refractivity contribution is 0.0847. The van der Waals surface area contributed by atoms with Crippen molar-refractivity contribution in [3.8, 4) is 15.6 Å². The highest BCUT2D eigenvalue weighted by Gasteiger charge is 2.15. The van der Waals surface area contributed by atoms with Crippen molar-refractivity contribution in [1.82, 2.24) is 15.8 Å². The second-order valence-corrected chi connectivity index (χ2v) is 7.87. The summed E-state index contributed by atoms with van der Waals surface area (Å²) in [7, 11) is 1.49. The number of aromatic nitrogens is 1. The molecule has 0 unspecified atom stereocenters. The third-order valence-electron chi connectivity index (χ3n) is 3.98. The Hall–Kier alpha value is -3.23. The normalized spacial score (nSPS) is 10.6. The lowest BCUT2D eigenvalue weighted by Gasteiger charge is -2.09. The molecule has 28 heavy (non-hydrogen) atoms. The topological polar surface area (TPSA) is 80.3 Å². The number of carbonyl (C=O) groups excluding carboxylic acids is 2. The zero-order chi connectivity index (χ0) is 19.5. The molecule has 4 rings (SSSR count). The summed E-state index contributed by atoms with van der Waals surface area (Å²) in [5.41, 5.74) is 6.13. The predicted molar refractivity (Wildman–Crippen MR) is 111 cm³/mol. The minimum atomic E-state index is -0.450. The summed E-state index contributed by atoms with van der Waals surface area (Å²) in [6, 6.07) is 18.3. The van der Waals surface area contributed by atoms with Crippen LogP contribution in [-0.4, -0.2) is 23.9 Å². The van der Waals surface area contributed by atoms with Gasteiger partial charge in [-0.25, -0.2) is 4.98 Å². The average Bonchev–Trinajstić information content (AvgIpc) is 3.38. The summed E-state index contributed by atoms with van der Waals surface area (Å²) in [6.45, 7) is 0. The average molecular weight is 409 g/mol. The Bertz CT molecular complexity index is 1130. The maximum atomic E-state index is 12.4. The van der Waals surface area contributed by atoms with Gasteiger partial charge in [-0.3, -0.25) is 20.4 Å². The minimum Gasteiger partial charge on any atom is -0.496 e. The van der Waals surface area contributed by atoms with Gasteiger partial charge in [0.05, 0.1) is 32.6 Å². The monoisotopic (exact) mass is 409 g/mol. The number of amides is 2. The van der Waals surface area contributed by atoms with Gasteiger partial charge < -0.3 is 4.74 Å². The molecule has 0 bridgehead atoms. The Labute approximate surface area is 168 Å². The third-order valence-corrected chi connectivity index (χ3v) is 6.27. The summed E-state index contributed by atoms with van der Waals surface area (Å²) in [5, 5.41) is 0.864. The summed E-state index contributed by atoms with van der Waals surface area (Å²) in [5.74, 6) is -0.405. The van der Waals surface area contributed by atoms with Crippen LogP contribution in [-0.2, 0) is 0 Å². The molecule has 0 atom stereocenters. The van der Waals surface area contributed by atoms with Crippen LogP contribution < -0.4 is 15.6 Å². The zero-order valence-corrected chi connectivity index (χ0v) is 16.4. The number of para-hydroxylation sites is 2. The van der Waals surface area contributed by atoms with Crippen LogP contribution in [0.3, 0.4) is 0 Å². The van der Waals surface area contributed by atoms with Crippen molar-refractivity contribution in [3.63, 3.8) is 0 Å². The molecule has 8 heteroatoms. The van der Waals surface area contributed by atoms with Gasteiger partial charge in [-0.2, -0.15) is 0 Å². The first kappa shape index (κ1) is 18.1. The molecule has 4 aromatic rings. The molecule has 6 nitrogen and oxygen atoms in total. The molecule has 0 aliphatic heterocycles. The van der Waals surface area contributed by atoms with E-state index >= 15 is 0 Å². The first-order chi connectivity index (χ1) is 13.7. The molecule has 2 heterocycles. The highest BCUT2D eigenvalue weighted by atomic mass is 32.1. The highest BCUT2D eigenvalue weighted by molar-refractivity contribution is 7.26. The second kappa shape index (κ2) is 7.79. The lowest BCUT2D eigenvalue weighted by Crippen LogP contribution is -2.41. The number of carbonyl (C=O) groups is 2. The standard InChI is InChI=1S/C20H15N3O3S2/c1-26-14-8-4-2-6-12(14)18(24)22-23-19(25)16-10-11-17(27-16)20-21-13-7-3-5-9-15(13)28-20/h2-11H,1H3,(H,22,24)(H,23,25). The summed E-state index contributed by atoms with van der Waals surface area (Å²) < 4.78 is 6.26. The Kier molecular flexibility index (Phi) is 5.05. The fraction of sp³-hybridized carbons (Fsp3) is 0.0500. The maximum Gasteiger partial charge on any atom is 0.279 e. The molecule has 0 radical (unpaired) electrons. The molecule has 140 valence electrons. The SMILES string of the molecule is COc1ccccc1C(=O)NNC(=O)c1ccc(-c2nc3ccccc3s2)s1. The van der Waals surface area contributed by atoms with Crippen LogP contribution in [0.4, 0.5) is 0 Å². The predicted octanol–water partition coefficient (Wildman–Crippen LogP) is 4.11. The quantitative estimate of drug-likeness (QED) is 0.497. The fourth-order valence-corrected chi connectivity index (χ4v) is 4.55. The first-order valence-corrected chi connectivity index (χ1v) is 9.98. The Morgan fingerprint density at radius 3 is 2.46 bits per heavy atom. The van der Waals surface area contributed by atoms with Gasteiger partial charge in [0.1, 0.15) is 10.8 Å². The van der Waals surface area contributed by atoms with Crippen molar-refractivity contribution in [1.29, 1.82) is 0 Å². The minimum absolute atomic E-state index is 0.339. The van der Waals surface area contributed by atoms with Gasteiger partial charge in [0.2, 0.25) is 0 Å². The number of methoxy groups -OCH3 is 1. The number of nitrogens with one attached hydrogen (secondary N) is 2. The molecule has 0 saturated carbocycles. The second-order valence-electron chi connectivity index (χ2n) is 5.76. The Balaban J connectivity index is 1.45. The van der Waals surface area contributed by atoms with E-state index in [4.69, 9.17) is 4.74 Å². The van der Waals surface area contributed by atoms with E-state index in [2.05, 4.69) is 15.8 Å². The van der Waals surface area contributed by atoms with Crippen molar-refractivity contribution in [3.05, 3.63) is 71.1 Å². The Morgan fingerprint density at radius 2 is 1.64 bits per heavy atom. The number of thiophene rings is 1. The maximum absolute atomic E-state index is 12.4. The van der Waals surface area contributed by atoms with Crippen molar-refractivity contribution in [2.45, 2.75) is 0 Å². The fourth-order valence-electron chi connectivity index (χ4n) is 2.63. The largest absolute Gasteiger partial charge is 0.496 e. The summed E-state index contributed by atoms with van der Waals surface area (Å²) >= 11 is 2.90. The van der Waals surface area contributed by atoms with Crippen LogP contribution in [0.5, 0.6) is 5.75 Å². The van der Waals surface area contributed by atoms with E-state index in [1.807, 2.05) is 30.3 Å². The molecule has 2 aromatic heterocycles. The van der Waals surface area contributed by atoms with Gasteiger partial charge in [-0.05, 0) is 36.4 Å². The van der Waals surface area contributed by atoms with Crippen LogP contribution in [0.25, 0.3) is 20.1 Å². The van der Waals surface area contributed by atoms with E-state index in [0.29, 0.717) is 16.2 Å². The molecule has 0 spiro atoms. The van der Waals surface area contributed by atoms with Crippen molar-refractivity contribution in [2.24, 2.45) is 0 Å². The van der Waals surface area contributed by atoms with E-state index in [9.17, 15) is 9.59 Å². The Morgan fingerprint density at radius 1 is 0.893 bits per heavy atom. The van der Waals surface area contributed by atoms with Crippen LogP contribution >= 0.6 is 22.7 Å². The molecule has 2 amide bonds. The first-order valence-electron chi connectivity index (χ1n) is 8.35. The van der Waals surface area contributed by atoms with E-state index in [-0.39, 0.29) is 5.91 Å². The third kappa shape index (κ3) is 3.60. The smallest absolute Gasteiger partial charge is 0.279 e. The number of rotatable bonds is 4. The van der Waals surface area contributed by atoms with Gasteiger partial charge >= 0.3 is 0 Å². The van der Waals surface area contributed by atoms with Gasteiger partial charge in [-0.15, -0.1) is 22.7 Å². The van der Waals surface area contributed by atoms with Gasteiger partial charge in [-0.1, -0.05) is 24.3 Å². The van der Waals surface area contributed by atoms with Crippen LogP contribution in [0, 0.1) is 0 Å². The number of ether oxygens (including phenoxy) is 1. The van der Waals surface area contributed by atoms with Gasteiger partial charge in [0.15, 0.2) is 0 Å². The molecule has 0 saturated heterocycles. The zero-order valence-electron chi connectivity index (χ0n) is 14.8. The molecular formula is C20H15N3O3S2. The number of thiazole rings is 1. The number of nitrogens with zero attached hydrogens (tertiary/aromatic N) is 1. The number of hydrazine groups is 1. The molecular weight excluding hydrogens is 394 g/mol. The van der Waals surface area contributed by atoms with E-state index < -0.39 is 5.91 Å². The summed E-state index contributed by atoms with van der Waals surface area (Å²) in [6.07, 6.45) is 0. The number of hydrogen-bond donors (Lipinski definition) is 2. The van der Waals surface area contributed by atoms with Crippen LogP contribution in [0.15, 0.2) is 60.7 Å². The lowest BCUT2D eigenvalue weighted by atomic mass is 10.2. The number of benzene rings is 2. The molecule has 2 aromatic carbocycles.